The average molecular weight is 819 g/mol. The Balaban J connectivity index is 4.49. The van der Waals surface area contributed by atoms with Crippen molar-refractivity contribution in [3.05, 3.63) is 97.2 Å². The summed E-state index contributed by atoms with van der Waals surface area (Å²) in [5.41, 5.74) is 0. The van der Waals surface area contributed by atoms with E-state index in [9.17, 15) is 24.2 Å². The molecule has 0 radical (unpaired) electrons. The number of carbonyl (C=O) groups is 2. The highest BCUT2D eigenvalue weighted by Gasteiger charge is 2.27. The molecule has 0 aliphatic heterocycles. The first-order chi connectivity index (χ1) is 27.7. The summed E-state index contributed by atoms with van der Waals surface area (Å²) < 4.78 is 32.6. The fraction of sp³-hybridized carbons (Fsp3) is 0.609. The second kappa shape index (κ2) is 41.1. The van der Waals surface area contributed by atoms with Crippen LogP contribution in [0.3, 0.4) is 0 Å². The largest absolute Gasteiger partial charge is 0.472 e. The molecule has 0 bridgehead atoms. The third-order valence-corrected chi connectivity index (χ3v) is 9.19. The van der Waals surface area contributed by atoms with Crippen molar-refractivity contribution in [2.45, 2.75) is 154 Å². The number of unbranched alkanes of at least 4 members (excludes halogenated alkanes) is 8. The van der Waals surface area contributed by atoms with Crippen LogP contribution < -0.4 is 0 Å². The van der Waals surface area contributed by atoms with E-state index in [2.05, 4.69) is 103 Å². The molecule has 0 aromatic carbocycles. The zero-order chi connectivity index (χ0) is 41.9. The second-order valence-electron chi connectivity index (χ2n) is 13.6. The highest BCUT2D eigenvalue weighted by atomic mass is 31.2. The van der Waals surface area contributed by atoms with Crippen LogP contribution in [0.2, 0.25) is 0 Å². The Morgan fingerprint density at radius 3 is 1.53 bits per heavy atom. The SMILES string of the molecule is CCC=CCC=CCC=CCCCCCCCC(=O)OCC(COP(=O)(O)OCC(O)CO)OC(=O)CCC=CCC=CCC=CCC=CCC=CCCCCC. The Morgan fingerprint density at radius 2 is 1.00 bits per heavy atom. The molecule has 0 amide bonds. The molecule has 10 nitrogen and oxygen atoms in total. The third kappa shape index (κ3) is 40.9. The Kier molecular flexibility index (Phi) is 38.8. The maximum atomic E-state index is 12.6. The van der Waals surface area contributed by atoms with Crippen molar-refractivity contribution in [1.82, 2.24) is 0 Å². The van der Waals surface area contributed by atoms with Crippen LogP contribution in [-0.2, 0) is 32.7 Å². The summed E-state index contributed by atoms with van der Waals surface area (Å²) in [4.78, 5) is 34.9. The predicted octanol–water partition coefficient (Wildman–Crippen LogP) is 11.2. The lowest BCUT2D eigenvalue weighted by Gasteiger charge is -2.20. The van der Waals surface area contributed by atoms with Gasteiger partial charge in [0, 0.05) is 12.8 Å². The van der Waals surface area contributed by atoms with Gasteiger partial charge in [-0.05, 0) is 83.5 Å². The van der Waals surface area contributed by atoms with Crippen LogP contribution in [0, 0.1) is 0 Å². The minimum absolute atomic E-state index is 0.0509. The van der Waals surface area contributed by atoms with E-state index in [4.69, 9.17) is 19.1 Å². The third-order valence-electron chi connectivity index (χ3n) is 8.24. The molecular formula is C46H75O10P. The molecule has 57 heavy (non-hydrogen) atoms. The molecule has 3 unspecified atom stereocenters. The van der Waals surface area contributed by atoms with Crippen LogP contribution in [0.4, 0.5) is 0 Å². The summed E-state index contributed by atoms with van der Waals surface area (Å²) in [6.07, 6.45) is 49.6. The van der Waals surface area contributed by atoms with Crippen molar-refractivity contribution in [3.63, 3.8) is 0 Å². The molecule has 0 spiro atoms. The topological polar surface area (TPSA) is 149 Å². The maximum Gasteiger partial charge on any atom is 0.472 e. The van der Waals surface area contributed by atoms with Crippen molar-refractivity contribution in [2.24, 2.45) is 0 Å². The lowest BCUT2D eigenvalue weighted by molar-refractivity contribution is -0.161. The number of allylic oxidation sites excluding steroid dienone is 16. The predicted molar refractivity (Wildman–Crippen MR) is 232 cm³/mol. The Morgan fingerprint density at radius 1 is 0.544 bits per heavy atom. The minimum atomic E-state index is -4.65. The summed E-state index contributed by atoms with van der Waals surface area (Å²) >= 11 is 0. The van der Waals surface area contributed by atoms with Gasteiger partial charge in [-0.1, -0.05) is 143 Å². The van der Waals surface area contributed by atoms with Gasteiger partial charge in [-0.3, -0.25) is 18.6 Å². The number of rotatable bonds is 38. The zero-order valence-electron chi connectivity index (χ0n) is 35.0. The summed E-state index contributed by atoms with van der Waals surface area (Å²) in [7, 11) is -4.65. The summed E-state index contributed by atoms with van der Waals surface area (Å²) in [5.74, 6) is -1.05. The van der Waals surface area contributed by atoms with Crippen molar-refractivity contribution < 1.29 is 47.8 Å². The summed E-state index contributed by atoms with van der Waals surface area (Å²) in [6, 6.07) is 0. The number of aliphatic hydroxyl groups excluding tert-OH is 2. The van der Waals surface area contributed by atoms with Gasteiger partial charge in [0.25, 0.3) is 0 Å². The van der Waals surface area contributed by atoms with E-state index in [0.29, 0.717) is 12.8 Å². The zero-order valence-corrected chi connectivity index (χ0v) is 35.9. The quantitative estimate of drug-likeness (QED) is 0.0238. The first kappa shape index (κ1) is 53.9. The number of aliphatic hydroxyl groups is 2. The number of esters is 2. The molecule has 0 saturated heterocycles. The van der Waals surface area contributed by atoms with Gasteiger partial charge in [-0.2, -0.15) is 0 Å². The van der Waals surface area contributed by atoms with Crippen LogP contribution in [-0.4, -0.2) is 65.7 Å². The summed E-state index contributed by atoms with van der Waals surface area (Å²) in [6.45, 7) is 2.11. The van der Waals surface area contributed by atoms with Crippen molar-refractivity contribution in [3.8, 4) is 0 Å². The van der Waals surface area contributed by atoms with Gasteiger partial charge in [0.15, 0.2) is 6.10 Å². The Labute approximate surface area is 344 Å². The number of phosphoric ester groups is 1. The van der Waals surface area contributed by atoms with E-state index in [0.717, 1.165) is 77.0 Å². The molecular weight excluding hydrogens is 743 g/mol. The first-order valence-electron chi connectivity index (χ1n) is 21.2. The van der Waals surface area contributed by atoms with E-state index in [1.54, 1.807) is 0 Å². The number of hydrogen-bond acceptors (Lipinski definition) is 9. The van der Waals surface area contributed by atoms with Gasteiger partial charge in [0.1, 0.15) is 12.7 Å². The molecule has 0 heterocycles. The molecule has 0 saturated carbocycles. The molecule has 3 atom stereocenters. The van der Waals surface area contributed by atoms with Crippen LogP contribution in [0.1, 0.15) is 142 Å². The first-order valence-corrected chi connectivity index (χ1v) is 22.7. The highest BCUT2D eigenvalue weighted by molar-refractivity contribution is 7.47. The molecule has 0 aromatic rings. The monoisotopic (exact) mass is 819 g/mol. The van der Waals surface area contributed by atoms with Gasteiger partial charge in [-0.15, -0.1) is 0 Å². The normalized spacial score (nSPS) is 14.8. The van der Waals surface area contributed by atoms with Gasteiger partial charge < -0.3 is 24.6 Å². The number of hydrogen-bond donors (Lipinski definition) is 3. The second-order valence-corrected chi connectivity index (χ2v) is 15.1. The van der Waals surface area contributed by atoms with E-state index in [-0.39, 0.29) is 19.4 Å². The van der Waals surface area contributed by atoms with Crippen LogP contribution >= 0.6 is 7.82 Å². The van der Waals surface area contributed by atoms with Gasteiger partial charge in [0.2, 0.25) is 0 Å². The van der Waals surface area contributed by atoms with Gasteiger partial charge in [0.05, 0.1) is 19.8 Å². The fourth-order valence-corrected chi connectivity index (χ4v) is 5.78. The average Bonchev–Trinajstić information content (AvgIpc) is 3.20. The molecule has 0 aromatic heterocycles. The van der Waals surface area contributed by atoms with Crippen LogP contribution in [0.5, 0.6) is 0 Å². The van der Waals surface area contributed by atoms with Gasteiger partial charge >= 0.3 is 19.8 Å². The van der Waals surface area contributed by atoms with E-state index < -0.39 is 51.8 Å². The van der Waals surface area contributed by atoms with E-state index in [1.165, 1.54) is 25.7 Å². The molecule has 11 heteroatoms. The Bertz CT molecular complexity index is 1260. The van der Waals surface area contributed by atoms with Crippen molar-refractivity contribution in [2.75, 3.05) is 26.4 Å². The molecule has 3 N–H and O–H groups in total. The molecule has 0 aliphatic rings. The molecule has 324 valence electrons. The number of ether oxygens (including phenoxy) is 2. The van der Waals surface area contributed by atoms with E-state index >= 15 is 0 Å². The van der Waals surface area contributed by atoms with Gasteiger partial charge in [-0.25, -0.2) is 4.57 Å². The molecule has 0 rings (SSSR count). The Hall–Kier alpha value is -3.11. The van der Waals surface area contributed by atoms with Crippen LogP contribution in [0.25, 0.3) is 0 Å². The minimum Gasteiger partial charge on any atom is -0.462 e. The smallest absolute Gasteiger partial charge is 0.462 e. The lowest BCUT2D eigenvalue weighted by Crippen LogP contribution is -2.29. The number of phosphoric acid groups is 1. The fourth-order valence-electron chi connectivity index (χ4n) is 4.99. The molecule has 0 aliphatic carbocycles. The number of carbonyl (C=O) groups excluding carboxylic acids is 2. The molecule has 0 fully saturated rings. The lowest BCUT2D eigenvalue weighted by atomic mass is 10.1. The van der Waals surface area contributed by atoms with Crippen LogP contribution in [0.15, 0.2) is 97.2 Å². The van der Waals surface area contributed by atoms with Crippen molar-refractivity contribution in [1.29, 1.82) is 0 Å². The highest BCUT2D eigenvalue weighted by Crippen LogP contribution is 2.43. The standard InChI is InChI=1S/C46H75O10P/c1-3-5-7-9-11-13-15-17-19-20-21-22-24-26-28-30-32-34-36-38-46(50)56-44(42-55-57(51,52)54-40-43(48)39-47)41-53-45(49)37-35-33-31-29-27-25-23-18-16-14-12-10-8-6-4-2/h6,8,11-14,17-19,21-23,26,28,32,34,43-44,47-48H,3-5,7,9-10,15-16,20,24-25,27,29-31,33,35-42H2,1-2H3,(H,51,52). The maximum absolute atomic E-state index is 12.6. The summed E-state index contributed by atoms with van der Waals surface area (Å²) in [5, 5.41) is 18.3. The van der Waals surface area contributed by atoms with E-state index in [1.807, 2.05) is 12.2 Å². The van der Waals surface area contributed by atoms with Crippen molar-refractivity contribution >= 4 is 19.8 Å².